The summed E-state index contributed by atoms with van der Waals surface area (Å²) in [7, 11) is 0. The maximum absolute atomic E-state index is 12.0. The van der Waals surface area contributed by atoms with Crippen LogP contribution >= 0.6 is 0 Å². The fraction of sp³-hybridized carbons (Fsp3) is 0.167. The van der Waals surface area contributed by atoms with E-state index in [4.69, 9.17) is 4.42 Å². The zero-order valence-corrected chi connectivity index (χ0v) is 12.2. The summed E-state index contributed by atoms with van der Waals surface area (Å²) in [5, 5.41) is 3.23. The Balaban J connectivity index is 2.29. The maximum Gasteiger partial charge on any atom is 0.339 e. The van der Waals surface area contributed by atoms with Gasteiger partial charge in [-0.05, 0) is 38.0 Å². The number of hydrogen-bond donors (Lipinski definition) is 1. The second-order valence-corrected chi connectivity index (χ2v) is 5.68. The van der Waals surface area contributed by atoms with Crippen molar-refractivity contribution in [3.63, 3.8) is 0 Å². The van der Waals surface area contributed by atoms with Crippen LogP contribution in [-0.4, -0.2) is 4.98 Å². The van der Waals surface area contributed by atoms with E-state index in [0.717, 1.165) is 32.8 Å². The normalized spacial score (nSPS) is 11.8. The van der Waals surface area contributed by atoms with Crippen LogP contribution in [0.2, 0.25) is 0 Å². The Hall–Kier alpha value is -2.55. The monoisotopic (exact) mass is 277 g/mol. The molecule has 0 amide bonds. The molecule has 0 aliphatic heterocycles. The Kier molecular flexibility index (Phi) is 2.31. The Labute approximate surface area is 121 Å². The minimum Gasteiger partial charge on any atom is -0.420 e. The Morgan fingerprint density at radius 1 is 0.905 bits per heavy atom. The van der Waals surface area contributed by atoms with Gasteiger partial charge in [0.05, 0.1) is 5.52 Å². The van der Waals surface area contributed by atoms with Crippen molar-refractivity contribution in [2.45, 2.75) is 20.8 Å². The summed E-state index contributed by atoms with van der Waals surface area (Å²) >= 11 is 0. The topological polar surface area (TPSA) is 46.0 Å². The fourth-order valence-electron chi connectivity index (χ4n) is 2.99. The van der Waals surface area contributed by atoms with Gasteiger partial charge in [0.1, 0.15) is 0 Å². The lowest BCUT2D eigenvalue weighted by Gasteiger charge is -2.04. The van der Waals surface area contributed by atoms with Crippen molar-refractivity contribution in [2.75, 3.05) is 0 Å². The fourth-order valence-corrected chi connectivity index (χ4v) is 2.99. The number of aromatic nitrogens is 1. The van der Waals surface area contributed by atoms with E-state index >= 15 is 0 Å². The minimum absolute atomic E-state index is 0.262. The molecule has 0 saturated heterocycles. The molecular weight excluding hydrogens is 262 g/mol. The quantitative estimate of drug-likeness (QED) is 0.486. The van der Waals surface area contributed by atoms with E-state index in [1.54, 1.807) is 6.92 Å². The standard InChI is InChI=1S/C18H15NO2/c1-9-4-5-13-14-7-6-12-10(2)11(3)18(20)21-17(12)16(14)19-15(13)8-9/h4-8,19H,1-3H3. The summed E-state index contributed by atoms with van der Waals surface area (Å²) in [5.41, 5.74) is 5.21. The lowest BCUT2D eigenvalue weighted by Crippen LogP contribution is -2.05. The van der Waals surface area contributed by atoms with Crippen molar-refractivity contribution < 1.29 is 4.42 Å². The third-order valence-corrected chi connectivity index (χ3v) is 4.35. The van der Waals surface area contributed by atoms with Gasteiger partial charge in [-0.3, -0.25) is 0 Å². The second kappa shape index (κ2) is 3.98. The molecule has 0 atom stereocenters. The van der Waals surface area contributed by atoms with Crippen molar-refractivity contribution in [3.8, 4) is 0 Å². The van der Waals surface area contributed by atoms with Crippen molar-refractivity contribution >= 4 is 32.8 Å². The highest BCUT2D eigenvalue weighted by atomic mass is 16.4. The SMILES string of the molecule is Cc1ccc2c(c1)[nH]c1c2ccc2c(C)c(C)c(=O)oc21. The summed E-state index contributed by atoms with van der Waals surface area (Å²) in [6.45, 7) is 5.84. The number of H-pyrrole nitrogens is 1. The molecule has 0 saturated carbocycles. The van der Waals surface area contributed by atoms with Gasteiger partial charge in [0, 0.05) is 27.2 Å². The molecule has 0 bridgehead atoms. The molecule has 3 nitrogen and oxygen atoms in total. The summed E-state index contributed by atoms with van der Waals surface area (Å²) in [6.07, 6.45) is 0. The first-order valence-corrected chi connectivity index (χ1v) is 7.01. The van der Waals surface area contributed by atoms with E-state index < -0.39 is 0 Å². The zero-order chi connectivity index (χ0) is 14.7. The van der Waals surface area contributed by atoms with Gasteiger partial charge in [-0.15, -0.1) is 0 Å². The van der Waals surface area contributed by atoms with E-state index in [1.165, 1.54) is 5.56 Å². The van der Waals surface area contributed by atoms with Crippen LogP contribution in [0.4, 0.5) is 0 Å². The lowest BCUT2D eigenvalue weighted by atomic mass is 10.0. The van der Waals surface area contributed by atoms with E-state index in [-0.39, 0.29) is 5.63 Å². The maximum atomic E-state index is 12.0. The number of nitrogens with one attached hydrogen (secondary N) is 1. The van der Waals surface area contributed by atoms with Crippen LogP contribution in [0.1, 0.15) is 16.7 Å². The Bertz CT molecular complexity index is 1080. The molecule has 2 aromatic heterocycles. The van der Waals surface area contributed by atoms with Gasteiger partial charge in [0.15, 0.2) is 5.58 Å². The van der Waals surface area contributed by atoms with Gasteiger partial charge in [-0.1, -0.05) is 24.3 Å². The smallest absolute Gasteiger partial charge is 0.339 e. The molecule has 0 aliphatic carbocycles. The highest BCUT2D eigenvalue weighted by Crippen LogP contribution is 2.32. The first kappa shape index (κ1) is 12.2. The number of aromatic amines is 1. The molecule has 4 rings (SSSR count). The van der Waals surface area contributed by atoms with Crippen LogP contribution in [0.3, 0.4) is 0 Å². The minimum atomic E-state index is -0.262. The van der Waals surface area contributed by atoms with Gasteiger partial charge in [0.25, 0.3) is 0 Å². The predicted molar refractivity (Wildman–Crippen MR) is 86.1 cm³/mol. The predicted octanol–water partition coefficient (Wildman–Crippen LogP) is 4.35. The van der Waals surface area contributed by atoms with Crippen molar-refractivity contribution in [1.29, 1.82) is 0 Å². The summed E-state index contributed by atoms with van der Waals surface area (Å²) < 4.78 is 5.56. The first-order valence-electron chi connectivity index (χ1n) is 7.01. The van der Waals surface area contributed by atoms with Crippen molar-refractivity contribution in [2.24, 2.45) is 0 Å². The second-order valence-electron chi connectivity index (χ2n) is 5.68. The number of rotatable bonds is 0. The van der Waals surface area contributed by atoms with Crippen molar-refractivity contribution in [3.05, 3.63) is 57.4 Å². The molecule has 0 aliphatic rings. The number of hydrogen-bond acceptors (Lipinski definition) is 2. The summed E-state index contributed by atoms with van der Waals surface area (Å²) in [4.78, 5) is 15.4. The molecule has 0 radical (unpaired) electrons. The summed E-state index contributed by atoms with van der Waals surface area (Å²) in [5.74, 6) is 0. The Morgan fingerprint density at radius 2 is 1.62 bits per heavy atom. The summed E-state index contributed by atoms with van der Waals surface area (Å²) in [6, 6.07) is 10.4. The van der Waals surface area contributed by atoms with Gasteiger partial charge < -0.3 is 9.40 Å². The van der Waals surface area contributed by atoms with E-state index in [0.29, 0.717) is 11.1 Å². The van der Waals surface area contributed by atoms with Crippen LogP contribution in [0, 0.1) is 20.8 Å². The third kappa shape index (κ3) is 1.57. The first-order chi connectivity index (χ1) is 10.1. The highest BCUT2D eigenvalue weighted by Gasteiger charge is 2.13. The molecule has 2 heterocycles. The van der Waals surface area contributed by atoms with E-state index in [9.17, 15) is 4.79 Å². The van der Waals surface area contributed by atoms with Crippen LogP contribution in [0.5, 0.6) is 0 Å². The molecule has 3 heteroatoms. The molecule has 4 aromatic rings. The highest BCUT2D eigenvalue weighted by molar-refractivity contribution is 6.15. The largest absolute Gasteiger partial charge is 0.420 e. The molecule has 104 valence electrons. The van der Waals surface area contributed by atoms with Gasteiger partial charge in [0.2, 0.25) is 0 Å². The average molecular weight is 277 g/mol. The number of benzene rings is 2. The van der Waals surface area contributed by atoms with Crippen LogP contribution in [-0.2, 0) is 0 Å². The van der Waals surface area contributed by atoms with Gasteiger partial charge >= 0.3 is 5.63 Å². The van der Waals surface area contributed by atoms with Crippen LogP contribution in [0.25, 0.3) is 32.8 Å². The lowest BCUT2D eigenvalue weighted by molar-refractivity contribution is 0.556. The molecule has 0 spiro atoms. The van der Waals surface area contributed by atoms with Gasteiger partial charge in [-0.2, -0.15) is 0 Å². The van der Waals surface area contributed by atoms with Gasteiger partial charge in [-0.25, -0.2) is 4.79 Å². The zero-order valence-electron chi connectivity index (χ0n) is 12.2. The molecule has 2 aromatic carbocycles. The molecule has 0 fully saturated rings. The van der Waals surface area contributed by atoms with E-state index in [2.05, 4.69) is 36.2 Å². The van der Waals surface area contributed by atoms with Crippen LogP contribution in [0.15, 0.2) is 39.5 Å². The molecule has 21 heavy (non-hydrogen) atoms. The van der Waals surface area contributed by atoms with Crippen molar-refractivity contribution in [1.82, 2.24) is 4.98 Å². The number of aryl methyl sites for hydroxylation is 2. The number of fused-ring (bicyclic) bond motifs is 5. The molecule has 0 unspecified atom stereocenters. The Morgan fingerprint density at radius 3 is 2.43 bits per heavy atom. The third-order valence-electron chi connectivity index (χ3n) is 4.35. The molecular formula is C18H15NO2. The average Bonchev–Trinajstić information content (AvgIpc) is 2.82. The van der Waals surface area contributed by atoms with E-state index in [1.807, 2.05) is 13.0 Å². The van der Waals surface area contributed by atoms with Crippen LogP contribution < -0.4 is 5.63 Å². The molecule has 1 N–H and O–H groups in total.